The van der Waals surface area contributed by atoms with Crippen LogP contribution < -0.4 is 5.73 Å². The lowest BCUT2D eigenvalue weighted by atomic mass is 10.1. The third-order valence-corrected chi connectivity index (χ3v) is 3.40. The molecule has 0 aromatic heterocycles. The van der Waals surface area contributed by atoms with Gasteiger partial charge in [-0.3, -0.25) is 4.79 Å². The number of nitrogens with two attached hydrogens (primary N) is 1. The summed E-state index contributed by atoms with van der Waals surface area (Å²) in [5.41, 5.74) is 4.89. The van der Waals surface area contributed by atoms with Crippen molar-refractivity contribution in [3.05, 3.63) is 32.2 Å². The van der Waals surface area contributed by atoms with Gasteiger partial charge < -0.3 is 10.8 Å². The maximum absolute atomic E-state index is 10.9. The molecule has 1 rings (SSSR count). The second kappa shape index (κ2) is 4.10. The Labute approximate surface area is 96.4 Å². The molecule has 1 aromatic rings. The number of hydrogen-bond acceptors (Lipinski definition) is 2. The Balaban J connectivity index is 3.46. The highest BCUT2D eigenvalue weighted by Crippen LogP contribution is 2.26. The zero-order valence-electron chi connectivity index (χ0n) is 6.75. The number of carboxylic acids is 1. The first-order valence-electron chi connectivity index (χ1n) is 3.45. The average Bonchev–Trinajstić information content (AvgIpc) is 2.08. The Morgan fingerprint density at radius 2 is 1.57 bits per heavy atom. The molecule has 0 bridgehead atoms. The Morgan fingerprint density at radius 3 is 1.93 bits per heavy atom. The number of carbonyl (C=O) groups excluding carboxylic acids is 1. The number of hydrogen-bond donors (Lipinski definition) is 2. The number of amides is 1. The van der Waals surface area contributed by atoms with Gasteiger partial charge in [-0.05, 0) is 44.0 Å². The molecule has 0 aliphatic heterocycles. The predicted octanol–water partition coefficient (Wildman–Crippen LogP) is 2.01. The molecular formula is C8H5Br2NO3. The lowest BCUT2D eigenvalue weighted by Gasteiger charge is -2.04. The minimum absolute atomic E-state index is 0.0208. The Bertz CT molecular complexity index is 378. The predicted molar refractivity (Wildman–Crippen MR) is 57.3 cm³/mol. The number of halogens is 2. The summed E-state index contributed by atoms with van der Waals surface area (Å²) in [7, 11) is 0. The van der Waals surface area contributed by atoms with Crippen LogP contribution in [0.15, 0.2) is 21.1 Å². The number of rotatable bonds is 2. The van der Waals surface area contributed by atoms with E-state index in [0.29, 0.717) is 8.95 Å². The van der Waals surface area contributed by atoms with E-state index in [9.17, 15) is 9.59 Å². The van der Waals surface area contributed by atoms with Crippen molar-refractivity contribution in [2.24, 2.45) is 5.73 Å². The van der Waals surface area contributed by atoms with Gasteiger partial charge in [-0.2, -0.15) is 0 Å². The van der Waals surface area contributed by atoms with Crippen molar-refractivity contribution in [2.45, 2.75) is 0 Å². The maximum atomic E-state index is 10.9. The van der Waals surface area contributed by atoms with Gasteiger partial charge >= 0.3 is 5.97 Å². The number of benzene rings is 1. The monoisotopic (exact) mass is 321 g/mol. The SMILES string of the molecule is NC(=O)c1cc(Br)c(Br)cc1C(=O)O. The molecule has 0 spiro atoms. The zero-order valence-corrected chi connectivity index (χ0v) is 9.92. The third-order valence-electron chi connectivity index (χ3n) is 1.56. The van der Waals surface area contributed by atoms with Crippen molar-refractivity contribution >= 4 is 43.7 Å². The van der Waals surface area contributed by atoms with E-state index in [1.165, 1.54) is 12.1 Å². The summed E-state index contributed by atoms with van der Waals surface area (Å²) in [6, 6.07) is 2.70. The molecule has 0 fully saturated rings. The van der Waals surface area contributed by atoms with Crippen molar-refractivity contribution in [3.63, 3.8) is 0 Å². The number of carbonyl (C=O) groups is 2. The Hall–Kier alpha value is -0.880. The fourth-order valence-electron chi connectivity index (χ4n) is 0.928. The zero-order chi connectivity index (χ0) is 10.9. The highest BCUT2D eigenvalue weighted by molar-refractivity contribution is 9.13. The first-order chi connectivity index (χ1) is 6.43. The minimum atomic E-state index is -1.19. The number of aromatic carboxylic acids is 1. The molecule has 6 heteroatoms. The van der Waals surface area contributed by atoms with Crippen LogP contribution in [0.3, 0.4) is 0 Å². The van der Waals surface area contributed by atoms with Crippen LogP contribution in [0.2, 0.25) is 0 Å². The van der Waals surface area contributed by atoms with Gasteiger partial charge in [0.25, 0.3) is 0 Å². The summed E-state index contributed by atoms with van der Waals surface area (Å²) < 4.78 is 1.14. The first kappa shape index (κ1) is 11.2. The summed E-state index contributed by atoms with van der Waals surface area (Å²) in [5.74, 6) is -1.96. The van der Waals surface area contributed by atoms with E-state index in [1.807, 2.05) is 0 Å². The van der Waals surface area contributed by atoms with Crippen LogP contribution in [0.4, 0.5) is 0 Å². The minimum Gasteiger partial charge on any atom is -0.478 e. The average molecular weight is 323 g/mol. The quantitative estimate of drug-likeness (QED) is 0.874. The van der Waals surface area contributed by atoms with E-state index in [4.69, 9.17) is 10.8 Å². The largest absolute Gasteiger partial charge is 0.478 e. The molecule has 74 valence electrons. The molecule has 0 unspecified atom stereocenters. The molecule has 0 radical (unpaired) electrons. The lowest BCUT2D eigenvalue weighted by molar-refractivity contribution is 0.0692. The normalized spacial score (nSPS) is 9.86. The summed E-state index contributed by atoms with van der Waals surface area (Å²) in [4.78, 5) is 21.7. The van der Waals surface area contributed by atoms with Gasteiger partial charge in [0.1, 0.15) is 0 Å². The smallest absolute Gasteiger partial charge is 0.336 e. The Morgan fingerprint density at radius 1 is 1.14 bits per heavy atom. The van der Waals surface area contributed by atoms with E-state index in [2.05, 4.69) is 31.9 Å². The van der Waals surface area contributed by atoms with E-state index in [1.54, 1.807) is 0 Å². The van der Waals surface area contributed by atoms with Crippen molar-refractivity contribution in [2.75, 3.05) is 0 Å². The number of carboxylic acid groups (broad SMARTS) is 1. The molecular weight excluding hydrogens is 318 g/mol. The Kier molecular flexibility index (Phi) is 3.28. The van der Waals surface area contributed by atoms with Gasteiger partial charge in [0.05, 0.1) is 11.1 Å². The van der Waals surface area contributed by atoms with Crippen LogP contribution in [0.25, 0.3) is 0 Å². The van der Waals surface area contributed by atoms with Gasteiger partial charge in [-0.25, -0.2) is 4.79 Å². The molecule has 0 aliphatic rings. The first-order valence-corrected chi connectivity index (χ1v) is 5.04. The molecule has 1 amide bonds. The summed E-state index contributed by atoms with van der Waals surface area (Å²) >= 11 is 6.29. The van der Waals surface area contributed by atoms with Crippen molar-refractivity contribution in [3.8, 4) is 0 Å². The highest BCUT2D eigenvalue weighted by atomic mass is 79.9. The second-order valence-electron chi connectivity index (χ2n) is 2.48. The van der Waals surface area contributed by atoms with Crippen LogP contribution in [-0.4, -0.2) is 17.0 Å². The van der Waals surface area contributed by atoms with Gasteiger partial charge in [0.15, 0.2) is 0 Å². The molecule has 0 heterocycles. The molecule has 4 nitrogen and oxygen atoms in total. The standard InChI is InChI=1S/C8H5Br2NO3/c9-5-1-3(7(11)12)4(8(13)14)2-6(5)10/h1-2H,(H2,11,12)(H,13,14). The topological polar surface area (TPSA) is 80.4 Å². The van der Waals surface area contributed by atoms with E-state index >= 15 is 0 Å². The van der Waals surface area contributed by atoms with Gasteiger partial charge in [-0.1, -0.05) is 0 Å². The van der Waals surface area contributed by atoms with Gasteiger partial charge in [0, 0.05) is 8.95 Å². The van der Waals surface area contributed by atoms with Crippen LogP contribution in [0, 0.1) is 0 Å². The van der Waals surface area contributed by atoms with E-state index < -0.39 is 11.9 Å². The molecule has 0 atom stereocenters. The highest BCUT2D eigenvalue weighted by Gasteiger charge is 2.16. The van der Waals surface area contributed by atoms with Crippen molar-refractivity contribution in [1.82, 2.24) is 0 Å². The van der Waals surface area contributed by atoms with Gasteiger partial charge in [0.2, 0.25) is 5.91 Å². The van der Waals surface area contributed by atoms with E-state index in [0.717, 1.165) is 0 Å². The molecule has 0 saturated carbocycles. The second-order valence-corrected chi connectivity index (χ2v) is 4.19. The lowest BCUT2D eigenvalue weighted by Crippen LogP contribution is -2.16. The summed E-state index contributed by atoms with van der Waals surface area (Å²) in [5, 5.41) is 8.79. The fourth-order valence-corrected chi connectivity index (χ4v) is 1.61. The van der Waals surface area contributed by atoms with Crippen molar-refractivity contribution in [1.29, 1.82) is 0 Å². The summed E-state index contributed by atoms with van der Waals surface area (Å²) in [6.07, 6.45) is 0. The number of primary amides is 1. The van der Waals surface area contributed by atoms with Crippen molar-refractivity contribution < 1.29 is 14.7 Å². The van der Waals surface area contributed by atoms with Crippen LogP contribution in [0.1, 0.15) is 20.7 Å². The summed E-state index contributed by atoms with van der Waals surface area (Å²) in [6.45, 7) is 0. The molecule has 0 aliphatic carbocycles. The fraction of sp³-hybridized carbons (Fsp3) is 0. The van der Waals surface area contributed by atoms with Crippen LogP contribution in [0.5, 0.6) is 0 Å². The van der Waals surface area contributed by atoms with Crippen LogP contribution >= 0.6 is 31.9 Å². The van der Waals surface area contributed by atoms with Crippen LogP contribution in [-0.2, 0) is 0 Å². The van der Waals surface area contributed by atoms with E-state index in [-0.39, 0.29) is 11.1 Å². The van der Waals surface area contributed by atoms with Gasteiger partial charge in [-0.15, -0.1) is 0 Å². The molecule has 3 N–H and O–H groups in total. The molecule has 1 aromatic carbocycles. The molecule has 0 saturated heterocycles. The molecule has 14 heavy (non-hydrogen) atoms. The third kappa shape index (κ3) is 2.13. The maximum Gasteiger partial charge on any atom is 0.336 e.